The molecule has 0 radical (unpaired) electrons. The fourth-order valence-corrected chi connectivity index (χ4v) is 5.93. The van der Waals surface area contributed by atoms with Crippen molar-refractivity contribution in [3.63, 3.8) is 0 Å². The highest BCUT2D eigenvalue weighted by Crippen LogP contribution is 2.48. The lowest BCUT2D eigenvalue weighted by Gasteiger charge is -2.50. The van der Waals surface area contributed by atoms with Gasteiger partial charge in [-0.25, -0.2) is 0 Å². The van der Waals surface area contributed by atoms with Gasteiger partial charge in [0.15, 0.2) is 0 Å². The highest BCUT2D eigenvalue weighted by atomic mass is 19.3. The summed E-state index contributed by atoms with van der Waals surface area (Å²) in [6.45, 7) is 2.21. The quantitative estimate of drug-likeness (QED) is 0.731. The third kappa shape index (κ3) is 3.82. The van der Waals surface area contributed by atoms with Gasteiger partial charge in [-0.2, -0.15) is 8.78 Å². The number of piperidine rings is 1. The van der Waals surface area contributed by atoms with Crippen LogP contribution in [0.2, 0.25) is 0 Å². The molecule has 164 valence electrons. The number of alkyl halides is 2. The second-order valence-corrected chi connectivity index (χ2v) is 9.55. The van der Waals surface area contributed by atoms with Crippen molar-refractivity contribution >= 4 is 5.91 Å². The van der Waals surface area contributed by atoms with Gasteiger partial charge in [0, 0.05) is 24.5 Å². The fraction of sp³-hybridized carbons (Fsp3) is 0.696. The fourth-order valence-electron chi connectivity index (χ4n) is 5.93. The molecule has 0 aromatic heterocycles. The van der Waals surface area contributed by atoms with E-state index in [9.17, 15) is 13.6 Å². The van der Waals surface area contributed by atoms with Crippen molar-refractivity contribution in [2.75, 3.05) is 39.4 Å². The number of likely N-dealkylation sites (tertiary alicyclic amines) is 2. The van der Waals surface area contributed by atoms with E-state index in [2.05, 4.69) is 4.90 Å². The molecule has 1 spiro atoms. The topological polar surface area (TPSA) is 42.0 Å². The van der Waals surface area contributed by atoms with E-state index in [1.807, 2.05) is 17.0 Å². The molecule has 7 heteroatoms. The Morgan fingerprint density at radius 1 is 1.13 bits per heavy atom. The Morgan fingerprint density at radius 2 is 1.87 bits per heavy atom. The smallest absolute Gasteiger partial charge is 0.387 e. The van der Waals surface area contributed by atoms with Gasteiger partial charge >= 0.3 is 6.61 Å². The summed E-state index contributed by atoms with van der Waals surface area (Å²) in [4.78, 5) is 17.0. The molecule has 3 saturated heterocycles. The van der Waals surface area contributed by atoms with Gasteiger partial charge < -0.3 is 19.3 Å². The minimum atomic E-state index is -2.79. The molecule has 1 atom stereocenters. The third-order valence-corrected chi connectivity index (χ3v) is 7.65. The van der Waals surface area contributed by atoms with E-state index in [-0.39, 0.29) is 17.7 Å². The largest absolute Gasteiger partial charge is 0.435 e. The predicted octanol–water partition coefficient (Wildman–Crippen LogP) is 3.49. The minimum absolute atomic E-state index is 0.0931. The van der Waals surface area contributed by atoms with Gasteiger partial charge in [-0.15, -0.1) is 0 Å². The lowest BCUT2D eigenvalue weighted by molar-refractivity contribution is -0.161. The van der Waals surface area contributed by atoms with Crippen LogP contribution < -0.4 is 4.74 Å². The number of amides is 1. The number of carbonyl (C=O) groups excluding carboxylic acids is 1. The van der Waals surface area contributed by atoms with E-state index < -0.39 is 6.61 Å². The first-order chi connectivity index (χ1) is 14.5. The first-order valence-electron chi connectivity index (χ1n) is 11.2. The zero-order valence-corrected chi connectivity index (χ0v) is 17.3. The van der Waals surface area contributed by atoms with Crippen LogP contribution >= 0.6 is 0 Å². The first kappa shape index (κ1) is 20.2. The maximum atomic E-state index is 12.7. The molecule has 4 fully saturated rings. The Kier molecular flexibility index (Phi) is 5.44. The summed E-state index contributed by atoms with van der Waals surface area (Å²) in [5.41, 5.74) is 1.23. The van der Waals surface area contributed by atoms with Crippen LogP contribution in [0.1, 0.15) is 43.6 Å². The zero-order chi connectivity index (χ0) is 20.7. The summed E-state index contributed by atoms with van der Waals surface area (Å²) in [5.74, 6) is 0.964. The van der Waals surface area contributed by atoms with Gasteiger partial charge in [0.05, 0.1) is 19.1 Å². The standard InChI is InChI=1S/C23H30F2N2O3/c24-22(25)30-20-4-2-1-3-19(20)16-6-9-26(10-7-16)18-5-8-23(11-18)14-27(15-23)21(28)17-12-29-13-17/h1-4,16-18,22H,5-15H2/t18-/m1/s1. The Morgan fingerprint density at radius 3 is 2.53 bits per heavy atom. The van der Waals surface area contributed by atoms with E-state index in [4.69, 9.17) is 9.47 Å². The Bertz CT molecular complexity index is 771. The number of para-hydroxylation sites is 1. The number of hydrogen-bond donors (Lipinski definition) is 0. The number of rotatable bonds is 5. The SMILES string of the molecule is O=C(C1COC1)N1CC2(CC[C@@H](N3CCC(c4ccccc4OC(F)F)CC3)C2)C1. The molecule has 3 aliphatic heterocycles. The molecule has 1 aromatic rings. The van der Waals surface area contributed by atoms with Gasteiger partial charge in [0.2, 0.25) is 5.91 Å². The summed E-state index contributed by atoms with van der Waals surface area (Å²) in [5, 5.41) is 0. The van der Waals surface area contributed by atoms with Crippen LogP contribution in [0.5, 0.6) is 5.75 Å². The highest BCUT2D eigenvalue weighted by Gasteiger charge is 2.52. The van der Waals surface area contributed by atoms with Gasteiger partial charge in [0.1, 0.15) is 5.75 Å². The highest BCUT2D eigenvalue weighted by molar-refractivity contribution is 5.80. The van der Waals surface area contributed by atoms with Crippen LogP contribution in [-0.2, 0) is 9.53 Å². The van der Waals surface area contributed by atoms with Crippen molar-refractivity contribution in [2.45, 2.75) is 50.7 Å². The van der Waals surface area contributed by atoms with Gasteiger partial charge in [-0.05, 0) is 62.7 Å². The average molecular weight is 421 g/mol. The number of carbonyl (C=O) groups is 1. The van der Waals surface area contributed by atoms with Crippen LogP contribution in [-0.4, -0.2) is 67.8 Å². The number of hydrogen-bond acceptors (Lipinski definition) is 4. The van der Waals surface area contributed by atoms with E-state index >= 15 is 0 Å². The van der Waals surface area contributed by atoms with E-state index in [1.165, 1.54) is 19.3 Å². The zero-order valence-electron chi connectivity index (χ0n) is 17.3. The van der Waals surface area contributed by atoms with Crippen LogP contribution in [0, 0.1) is 11.3 Å². The maximum Gasteiger partial charge on any atom is 0.387 e. The Balaban J connectivity index is 1.13. The number of halogens is 2. The minimum Gasteiger partial charge on any atom is -0.435 e. The molecule has 5 nitrogen and oxygen atoms in total. The molecular formula is C23H30F2N2O3. The van der Waals surface area contributed by atoms with Gasteiger partial charge in [0.25, 0.3) is 0 Å². The van der Waals surface area contributed by atoms with Crippen LogP contribution in [0.4, 0.5) is 8.78 Å². The molecule has 4 aliphatic rings. The van der Waals surface area contributed by atoms with Crippen LogP contribution in [0.25, 0.3) is 0 Å². The molecular weight excluding hydrogens is 390 g/mol. The molecule has 1 aliphatic carbocycles. The van der Waals surface area contributed by atoms with Crippen molar-refractivity contribution in [3.8, 4) is 5.75 Å². The summed E-state index contributed by atoms with van der Waals surface area (Å²) in [6, 6.07) is 7.81. The summed E-state index contributed by atoms with van der Waals surface area (Å²) >= 11 is 0. The van der Waals surface area contributed by atoms with Crippen LogP contribution in [0.15, 0.2) is 24.3 Å². The van der Waals surface area contributed by atoms with E-state index in [1.54, 1.807) is 12.1 Å². The van der Waals surface area contributed by atoms with Crippen molar-refractivity contribution < 1.29 is 23.0 Å². The van der Waals surface area contributed by atoms with Crippen molar-refractivity contribution in [1.29, 1.82) is 0 Å². The van der Waals surface area contributed by atoms with Crippen LogP contribution in [0.3, 0.4) is 0 Å². The molecule has 0 unspecified atom stereocenters. The number of ether oxygens (including phenoxy) is 2. The summed E-state index contributed by atoms with van der Waals surface area (Å²) in [6.07, 6.45) is 5.52. The summed E-state index contributed by atoms with van der Waals surface area (Å²) < 4.78 is 35.4. The van der Waals surface area contributed by atoms with Crippen molar-refractivity contribution in [1.82, 2.24) is 9.80 Å². The molecule has 0 bridgehead atoms. The molecule has 1 aromatic carbocycles. The number of nitrogens with zero attached hydrogens (tertiary/aromatic N) is 2. The first-order valence-corrected chi connectivity index (χ1v) is 11.2. The lowest BCUT2D eigenvalue weighted by Crippen LogP contribution is -2.61. The second-order valence-electron chi connectivity index (χ2n) is 9.55. The molecule has 0 N–H and O–H groups in total. The van der Waals surface area contributed by atoms with Gasteiger partial charge in [-0.3, -0.25) is 4.79 Å². The maximum absolute atomic E-state index is 12.7. The molecule has 30 heavy (non-hydrogen) atoms. The van der Waals surface area contributed by atoms with Gasteiger partial charge in [-0.1, -0.05) is 18.2 Å². The second kappa shape index (κ2) is 8.08. The summed E-state index contributed by atoms with van der Waals surface area (Å²) in [7, 11) is 0. The Hall–Kier alpha value is -1.73. The van der Waals surface area contributed by atoms with Crippen molar-refractivity contribution in [3.05, 3.63) is 29.8 Å². The lowest BCUT2D eigenvalue weighted by atomic mass is 9.77. The van der Waals surface area contributed by atoms with Crippen molar-refractivity contribution in [2.24, 2.45) is 11.3 Å². The Labute approximate surface area is 176 Å². The third-order valence-electron chi connectivity index (χ3n) is 7.65. The molecule has 1 saturated carbocycles. The predicted molar refractivity (Wildman–Crippen MR) is 108 cm³/mol. The van der Waals surface area contributed by atoms with E-state index in [0.29, 0.717) is 30.4 Å². The molecule has 1 amide bonds. The molecule has 3 heterocycles. The average Bonchev–Trinajstić information content (AvgIpc) is 3.11. The molecule has 5 rings (SSSR count). The monoisotopic (exact) mass is 420 g/mol. The normalized spacial score (nSPS) is 27.3. The van der Waals surface area contributed by atoms with E-state index in [0.717, 1.165) is 44.6 Å². The number of benzene rings is 1.